The molecule has 1 aromatic heterocycles. The van der Waals surface area contributed by atoms with E-state index < -0.39 is 0 Å². The summed E-state index contributed by atoms with van der Waals surface area (Å²) in [4.78, 5) is 14.4. The summed E-state index contributed by atoms with van der Waals surface area (Å²) in [7, 11) is 0. The molecule has 7 heteroatoms. The molecule has 1 aromatic carbocycles. The van der Waals surface area contributed by atoms with Gasteiger partial charge in [-0.25, -0.2) is 0 Å². The summed E-state index contributed by atoms with van der Waals surface area (Å²) in [5, 5.41) is 11.6. The van der Waals surface area contributed by atoms with E-state index in [9.17, 15) is 4.79 Å². The van der Waals surface area contributed by atoms with Crippen LogP contribution in [0.5, 0.6) is 0 Å². The third-order valence-corrected chi connectivity index (χ3v) is 4.79. The molecule has 1 aliphatic carbocycles. The number of aromatic nitrogens is 2. The third-order valence-electron chi connectivity index (χ3n) is 4.54. The maximum Gasteiger partial charge on any atom is 0.316 e. The van der Waals surface area contributed by atoms with Gasteiger partial charge in [0.15, 0.2) is 0 Å². The molecule has 1 aliphatic heterocycles. The van der Waals surface area contributed by atoms with Gasteiger partial charge in [0, 0.05) is 23.2 Å². The second-order valence-corrected chi connectivity index (χ2v) is 6.61. The van der Waals surface area contributed by atoms with Gasteiger partial charge in [-0.3, -0.25) is 4.79 Å². The monoisotopic (exact) mass is 332 g/mol. The molecule has 2 heterocycles. The lowest BCUT2D eigenvalue weighted by atomic mass is 10.2. The van der Waals surface area contributed by atoms with Crippen molar-refractivity contribution in [2.75, 3.05) is 11.9 Å². The highest BCUT2D eigenvalue weighted by Gasteiger charge is 2.49. The summed E-state index contributed by atoms with van der Waals surface area (Å²) < 4.78 is 5.58. The maximum atomic E-state index is 12.5. The van der Waals surface area contributed by atoms with Crippen molar-refractivity contribution in [3.8, 4) is 11.5 Å². The largest absolute Gasteiger partial charge is 0.403 e. The van der Waals surface area contributed by atoms with Gasteiger partial charge in [0.25, 0.3) is 0 Å². The lowest BCUT2D eigenvalue weighted by molar-refractivity contribution is -0.131. The fourth-order valence-corrected chi connectivity index (χ4v) is 3.28. The minimum Gasteiger partial charge on any atom is -0.403 e. The van der Waals surface area contributed by atoms with Crippen LogP contribution in [0.15, 0.2) is 28.7 Å². The first-order chi connectivity index (χ1) is 11.1. The number of likely N-dealkylation sites (tertiary alicyclic amines) is 1. The van der Waals surface area contributed by atoms with Crippen LogP contribution in [-0.2, 0) is 4.79 Å². The average Bonchev–Trinajstić information content (AvgIpc) is 2.98. The second-order valence-electron chi connectivity index (χ2n) is 6.17. The Morgan fingerprint density at radius 3 is 2.83 bits per heavy atom. The first-order valence-corrected chi connectivity index (χ1v) is 8.16. The number of rotatable bonds is 4. The van der Waals surface area contributed by atoms with E-state index in [0.717, 1.165) is 30.9 Å². The van der Waals surface area contributed by atoms with Gasteiger partial charge in [0.1, 0.15) is 6.04 Å². The molecule has 2 aromatic rings. The lowest BCUT2D eigenvalue weighted by Gasteiger charge is -2.22. The number of benzene rings is 1. The number of hydrogen-bond donors (Lipinski definition) is 1. The van der Waals surface area contributed by atoms with Gasteiger partial charge >= 0.3 is 6.01 Å². The summed E-state index contributed by atoms with van der Waals surface area (Å²) in [5.41, 5.74) is 0.786. The van der Waals surface area contributed by atoms with Crippen LogP contribution in [0, 0.1) is 5.92 Å². The number of carbonyl (C=O) groups is 1. The minimum atomic E-state index is -0.382. The smallest absolute Gasteiger partial charge is 0.316 e. The molecule has 1 saturated heterocycles. The molecular formula is C16H17ClN4O2. The predicted molar refractivity (Wildman–Crippen MR) is 86.1 cm³/mol. The summed E-state index contributed by atoms with van der Waals surface area (Å²) in [5.74, 6) is 1.22. The molecular weight excluding hydrogens is 316 g/mol. The number of amides is 1. The van der Waals surface area contributed by atoms with Gasteiger partial charge in [-0.05, 0) is 49.9 Å². The predicted octanol–water partition coefficient (Wildman–Crippen LogP) is 2.81. The van der Waals surface area contributed by atoms with Crippen LogP contribution in [0.2, 0.25) is 5.02 Å². The van der Waals surface area contributed by atoms with Crippen molar-refractivity contribution in [3.05, 3.63) is 29.3 Å². The Hall–Kier alpha value is -2.08. The van der Waals surface area contributed by atoms with Gasteiger partial charge in [-0.1, -0.05) is 16.7 Å². The topological polar surface area (TPSA) is 71.3 Å². The van der Waals surface area contributed by atoms with Crippen molar-refractivity contribution in [2.45, 2.75) is 31.8 Å². The van der Waals surface area contributed by atoms with Crippen LogP contribution in [0.1, 0.15) is 19.8 Å². The SMILES string of the molecule is C[C@@H](Nc1nnc(-c2ccc(Cl)cc2)o1)C(=O)N1CC[C@@H]2C[C@@H]21. The van der Waals surface area contributed by atoms with Crippen molar-refractivity contribution in [1.29, 1.82) is 0 Å². The van der Waals surface area contributed by atoms with Crippen LogP contribution < -0.4 is 5.32 Å². The number of anilines is 1. The van der Waals surface area contributed by atoms with Crippen LogP contribution in [0.4, 0.5) is 6.01 Å². The van der Waals surface area contributed by atoms with Crippen LogP contribution in [-0.4, -0.2) is 39.6 Å². The zero-order valence-corrected chi connectivity index (χ0v) is 13.5. The number of nitrogens with zero attached hydrogens (tertiary/aromatic N) is 3. The normalized spacial score (nSPS) is 23.5. The van der Waals surface area contributed by atoms with E-state index in [2.05, 4.69) is 15.5 Å². The Kier molecular flexibility index (Phi) is 3.49. The van der Waals surface area contributed by atoms with Crippen molar-refractivity contribution in [1.82, 2.24) is 15.1 Å². The molecule has 1 saturated carbocycles. The van der Waals surface area contributed by atoms with E-state index in [0.29, 0.717) is 17.0 Å². The van der Waals surface area contributed by atoms with Crippen molar-refractivity contribution in [2.24, 2.45) is 5.92 Å². The Morgan fingerprint density at radius 1 is 1.39 bits per heavy atom. The fraction of sp³-hybridized carbons (Fsp3) is 0.438. The first kappa shape index (κ1) is 14.5. The molecule has 2 aliphatic rings. The molecule has 1 N–H and O–H groups in total. The van der Waals surface area contributed by atoms with Crippen molar-refractivity contribution in [3.63, 3.8) is 0 Å². The molecule has 6 nitrogen and oxygen atoms in total. The van der Waals surface area contributed by atoms with E-state index in [1.54, 1.807) is 12.1 Å². The molecule has 3 atom stereocenters. The number of piperidine rings is 1. The van der Waals surface area contributed by atoms with Crippen LogP contribution in [0.25, 0.3) is 11.5 Å². The summed E-state index contributed by atoms with van der Waals surface area (Å²) in [6.45, 7) is 2.68. The standard InChI is InChI=1S/C16H17ClN4O2/c1-9(15(22)21-7-6-11-8-13(11)21)18-16-20-19-14(23-16)10-2-4-12(17)5-3-10/h2-5,9,11,13H,6-8H2,1H3,(H,18,20)/t9-,11-,13+/m1/s1. The van der Waals surface area contributed by atoms with Gasteiger partial charge < -0.3 is 14.6 Å². The van der Waals surface area contributed by atoms with Crippen LogP contribution >= 0.6 is 11.6 Å². The molecule has 0 radical (unpaired) electrons. The summed E-state index contributed by atoms with van der Waals surface area (Å²) in [6.07, 6.45) is 2.28. The van der Waals surface area contributed by atoms with Crippen molar-refractivity contribution < 1.29 is 9.21 Å². The fourth-order valence-electron chi connectivity index (χ4n) is 3.15. The summed E-state index contributed by atoms with van der Waals surface area (Å²) in [6, 6.07) is 7.48. The highest BCUT2D eigenvalue weighted by Crippen LogP contribution is 2.44. The molecule has 4 rings (SSSR count). The quantitative estimate of drug-likeness (QED) is 0.932. The molecule has 1 amide bonds. The van der Waals surface area contributed by atoms with Crippen LogP contribution in [0.3, 0.4) is 0 Å². The number of halogens is 1. The second kappa shape index (κ2) is 5.53. The third kappa shape index (κ3) is 2.79. The van der Waals surface area contributed by atoms with E-state index in [-0.39, 0.29) is 18.0 Å². The van der Waals surface area contributed by atoms with Gasteiger partial charge in [-0.15, -0.1) is 5.10 Å². The number of hydrogen-bond acceptors (Lipinski definition) is 5. The van der Waals surface area contributed by atoms with E-state index >= 15 is 0 Å². The number of carbonyl (C=O) groups excluding carboxylic acids is 1. The molecule has 2 fully saturated rings. The zero-order valence-electron chi connectivity index (χ0n) is 12.7. The van der Waals surface area contributed by atoms with E-state index in [1.165, 1.54) is 0 Å². The summed E-state index contributed by atoms with van der Waals surface area (Å²) >= 11 is 5.86. The molecule has 120 valence electrons. The van der Waals surface area contributed by atoms with E-state index in [1.807, 2.05) is 24.0 Å². The maximum absolute atomic E-state index is 12.5. The minimum absolute atomic E-state index is 0.0984. The van der Waals surface area contributed by atoms with Crippen molar-refractivity contribution >= 4 is 23.5 Å². The number of fused-ring (bicyclic) bond motifs is 1. The highest BCUT2D eigenvalue weighted by molar-refractivity contribution is 6.30. The Labute approximate surface area is 138 Å². The average molecular weight is 333 g/mol. The molecule has 0 spiro atoms. The zero-order chi connectivity index (χ0) is 16.0. The van der Waals surface area contributed by atoms with Gasteiger partial charge in [0.2, 0.25) is 11.8 Å². The van der Waals surface area contributed by atoms with E-state index in [4.69, 9.17) is 16.0 Å². The Balaban J connectivity index is 1.42. The highest BCUT2D eigenvalue weighted by atomic mass is 35.5. The molecule has 0 bridgehead atoms. The molecule has 23 heavy (non-hydrogen) atoms. The lowest BCUT2D eigenvalue weighted by Crippen LogP contribution is -2.41. The van der Waals surface area contributed by atoms with Gasteiger partial charge in [-0.2, -0.15) is 0 Å². The first-order valence-electron chi connectivity index (χ1n) is 7.78. The van der Waals surface area contributed by atoms with Gasteiger partial charge in [0.05, 0.1) is 0 Å². The Morgan fingerprint density at radius 2 is 2.17 bits per heavy atom. The Bertz CT molecular complexity index is 730. The molecule has 0 unspecified atom stereocenters. The number of nitrogens with one attached hydrogen (secondary N) is 1.